The van der Waals surface area contributed by atoms with E-state index in [0.29, 0.717) is 6.54 Å². The first kappa shape index (κ1) is 10.7. The zero-order chi connectivity index (χ0) is 5.70. The molecule has 8 heavy (non-hydrogen) atoms. The largest absolute Gasteiger partial charge is 0.487 e. The molecule has 0 aromatic rings. The molecule has 0 heterocycles. The normalized spacial score (nSPS) is 6.50. The van der Waals surface area contributed by atoms with Crippen LogP contribution in [0.2, 0.25) is 0 Å². The Morgan fingerprint density at radius 2 is 2.38 bits per heavy atom. The van der Waals surface area contributed by atoms with Crippen LogP contribution in [-0.2, 0) is 0 Å². The van der Waals surface area contributed by atoms with Gasteiger partial charge in [0.25, 0.3) is 5.17 Å². The van der Waals surface area contributed by atoms with Crippen LogP contribution in [0.4, 0.5) is 0 Å². The zero-order valence-electron chi connectivity index (χ0n) is 4.26. The Morgan fingerprint density at radius 1 is 1.88 bits per heavy atom. The minimum atomic E-state index is -0.181. The maximum Gasteiger partial charge on any atom is 0.254 e. The van der Waals surface area contributed by atoms with Crippen LogP contribution in [0.3, 0.4) is 0 Å². The number of halogens is 1. The van der Waals surface area contributed by atoms with E-state index in [1.54, 1.807) is 6.08 Å². The monoisotopic (exact) mass is 153 g/mol. The second kappa shape index (κ2) is 6.72. The molecule has 0 aromatic heterocycles. The van der Waals surface area contributed by atoms with E-state index in [1.807, 2.05) is 0 Å². The van der Waals surface area contributed by atoms with Crippen molar-refractivity contribution in [2.45, 2.75) is 0 Å². The van der Waals surface area contributed by atoms with Crippen LogP contribution in [0.25, 0.3) is 0 Å². The minimum Gasteiger partial charge on any atom is -0.487 e. The first-order chi connectivity index (χ1) is 3.27. The van der Waals surface area contributed by atoms with E-state index in [-0.39, 0.29) is 17.6 Å². The highest BCUT2D eigenvalue weighted by atomic mass is 35.5. The SMILES string of the molecule is C=CCNC(O)=S.Cl. The lowest BCUT2D eigenvalue weighted by Crippen LogP contribution is -2.19. The summed E-state index contributed by atoms with van der Waals surface area (Å²) < 4.78 is 0. The number of aliphatic hydroxyl groups excluding tert-OH is 1. The summed E-state index contributed by atoms with van der Waals surface area (Å²) in [6.07, 6.45) is 1.61. The molecular weight excluding hydrogens is 146 g/mol. The summed E-state index contributed by atoms with van der Waals surface area (Å²) in [4.78, 5) is 0. The van der Waals surface area contributed by atoms with Gasteiger partial charge in [-0.1, -0.05) is 6.08 Å². The molecule has 0 fully saturated rings. The molecule has 0 aliphatic carbocycles. The van der Waals surface area contributed by atoms with Crippen molar-refractivity contribution in [2.24, 2.45) is 0 Å². The Kier molecular flexibility index (Phi) is 8.95. The summed E-state index contributed by atoms with van der Waals surface area (Å²) in [5.41, 5.74) is 0. The van der Waals surface area contributed by atoms with Crippen molar-refractivity contribution in [3.8, 4) is 0 Å². The van der Waals surface area contributed by atoms with Gasteiger partial charge in [-0.2, -0.15) is 0 Å². The predicted molar refractivity (Wildman–Crippen MR) is 40.7 cm³/mol. The molecule has 0 spiro atoms. The molecule has 0 aliphatic heterocycles. The van der Waals surface area contributed by atoms with Crippen molar-refractivity contribution < 1.29 is 5.11 Å². The van der Waals surface area contributed by atoms with Crippen LogP contribution >= 0.6 is 24.6 Å². The smallest absolute Gasteiger partial charge is 0.254 e. The quantitative estimate of drug-likeness (QED) is 0.459. The lowest BCUT2D eigenvalue weighted by molar-refractivity contribution is 0.538. The van der Waals surface area contributed by atoms with E-state index in [9.17, 15) is 0 Å². The highest BCUT2D eigenvalue weighted by molar-refractivity contribution is 7.79. The van der Waals surface area contributed by atoms with Gasteiger partial charge in [0.2, 0.25) is 0 Å². The Morgan fingerprint density at radius 3 is 2.50 bits per heavy atom. The summed E-state index contributed by atoms with van der Waals surface area (Å²) in [6.45, 7) is 3.92. The molecule has 2 nitrogen and oxygen atoms in total. The number of aliphatic hydroxyl groups is 1. The molecule has 0 aliphatic rings. The van der Waals surface area contributed by atoms with Gasteiger partial charge in [-0.3, -0.25) is 0 Å². The minimum absolute atomic E-state index is 0. The molecule has 48 valence electrons. The standard InChI is InChI=1S/C4H7NOS.ClH/c1-2-3-5-4(6)7;/h2H,1,3H2,(H2,5,6,7);1H. The Labute approximate surface area is 60.0 Å². The summed E-state index contributed by atoms with van der Waals surface area (Å²) in [5.74, 6) is 0. The topological polar surface area (TPSA) is 32.3 Å². The summed E-state index contributed by atoms with van der Waals surface area (Å²) in [6, 6.07) is 0. The van der Waals surface area contributed by atoms with Crippen LogP contribution in [0.1, 0.15) is 0 Å². The van der Waals surface area contributed by atoms with Gasteiger partial charge in [0, 0.05) is 6.54 Å². The van der Waals surface area contributed by atoms with E-state index in [1.165, 1.54) is 0 Å². The van der Waals surface area contributed by atoms with Crippen molar-refractivity contribution >= 4 is 29.8 Å². The Bertz CT molecular complexity index is 86.1. The van der Waals surface area contributed by atoms with Crippen molar-refractivity contribution in [3.63, 3.8) is 0 Å². The number of thiocarbonyl (C=S) groups is 1. The van der Waals surface area contributed by atoms with E-state index in [2.05, 4.69) is 24.1 Å². The third kappa shape index (κ3) is 9.21. The fourth-order valence-corrected chi connectivity index (χ4v) is 0.243. The second-order valence-electron chi connectivity index (χ2n) is 0.975. The van der Waals surface area contributed by atoms with Crippen molar-refractivity contribution in [1.82, 2.24) is 5.32 Å². The molecule has 2 N–H and O–H groups in total. The molecule has 0 atom stereocenters. The van der Waals surface area contributed by atoms with Gasteiger partial charge in [-0.15, -0.1) is 19.0 Å². The van der Waals surface area contributed by atoms with Crippen molar-refractivity contribution in [3.05, 3.63) is 12.7 Å². The van der Waals surface area contributed by atoms with Gasteiger partial charge >= 0.3 is 0 Å². The molecule has 0 unspecified atom stereocenters. The van der Waals surface area contributed by atoms with Gasteiger partial charge in [0.1, 0.15) is 0 Å². The van der Waals surface area contributed by atoms with Gasteiger partial charge in [0.15, 0.2) is 0 Å². The number of rotatable bonds is 2. The molecule has 0 saturated heterocycles. The second-order valence-corrected chi connectivity index (χ2v) is 1.36. The first-order valence-corrected chi connectivity index (χ1v) is 2.26. The maximum atomic E-state index is 8.26. The number of nitrogens with one attached hydrogen (secondary N) is 1. The third-order valence-corrected chi connectivity index (χ3v) is 0.542. The van der Waals surface area contributed by atoms with Crippen LogP contribution in [0.5, 0.6) is 0 Å². The molecule has 0 radical (unpaired) electrons. The highest BCUT2D eigenvalue weighted by Gasteiger charge is 1.79. The molecule has 0 rings (SSSR count). The summed E-state index contributed by atoms with van der Waals surface area (Å²) >= 11 is 4.26. The van der Waals surface area contributed by atoms with E-state index in [0.717, 1.165) is 0 Å². The fourth-order valence-electron chi connectivity index (χ4n) is 0.159. The predicted octanol–water partition coefficient (Wildman–Crippen LogP) is 1.03. The molecule has 0 saturated carbocycles. The fraction of sp³-hybridized carbons (Fsp3) is 0.250. The summed E-state index contributed by atoms with van der Waals surface area (Å²) in [5, 5.41) is 10.5. The van der Waals surface area contributed by atoms with Gasteiger partial charge in [-0.25, -0.2) is 0 Å². The molecule has 4 heteroatoms. The van der Waals surface area contributed by atoms with Gasteiger partial charge < -0.3 is 10.4 Å². The Balaban J connectivity index is 0. The van der Waals surface area contributed by atoms with Crippen LogP contribution in [0.15, 0.2) is 12.7 Å². The van der Waals surface area contributed by atoms with E-state index < -0.39 is 0 Å². The molecule has 0 amide bonds. The summed E-state index contributed by atoms with van der Waals surface area (Å²) in [7, 11) is 0. The van der Waals surface area contributed by atoms with Crippen molar-refractivity contribution in [2.75, 3.05) is 6.54 Å². The third-order valence-electron chi connectivity index (χ3n) is 0.398. The van der Waals surface area contributed by atoms with Gasteiger partial charge in [0.05, 0.1) is 0 Å². The Hall–Kier alpha value is -0.280. The maximum absolute atomic E-state index is 8.26. The van der Waals surface area contributed by atoms with E-state index >= 15 is 0 Å². The average molecular weight is 154 g/mol. The first-order valence-electron chi connectivity index (χ1n) is 1.85. The lowest BCUT2D eigenvalue weighted by atomic mass is 10.6. The molecular formula is C4H8ClNOS. The van der Waals surface area contributed by atoms with Crippen LogP contribution < -0.4 is 5.32 Å². The van der Waals surface area contributed by atoms with E-state index in [4.69, 9.17) is 5.11 Å². The van der Waals surface area contributed by atoms with Crippen molar-refractivity contribution in [1.29, 1.82) is 0 Å². The molecule has 0 aromatic carbocycles. The number of hydrogen-bond acceptors (Lipinski definition) is 1. The molecule has 0 bridgehead atoms. The highest BCUT2D eigenvalue weighted by Crippen LogP contribution is 1.61. The lowest BCUT2D eigenvalue weighted by Gasteiger charge is -1.92. The van der Waals surface area contributed by atoms with Crippen LogP contribution in [0, 0.1) is 0 Å². The van der Waals surface area contributed by atoms with Gasteiger partial charge in [-0.05, 0) is 12.2 Å². The zero-order valence-corrected chi connectivity index (χ0v) is 5.89. The number of hydrogen-bond donors (Lipinski definition) is 2. The van der Waals surface area contributed by atoms with Crippen LogP contribution in [-0.4, -0.2) is 16.8 Å². The average Bonchev–Trinajstić information content (AvgIpc) is 1.61.